The van der Waals surface area contributed by atoms with Gasteiger partial charge in [0.05, 0.1) is 29.9 Å². The van der Waals surface area contributed by atoms with Crippen LogP contribution in [0.5, 0.6) is 5.75 Å². The molecule has 0 bridgehead atoms. The van der Waals surface area contributed by atoms with E-state index in [1.54, 1.807) is 10.7 Å². The molecule has 1 aromatic carbocycles. The van der Waals surface area contributed by atoms with Crippen molar-refractivity contribution in [3.8, 4) is 5.75 Å². The van der Waals surface area contributed by atoms with Crippen LogP contribution in [0.25, 0.3) is 5.52 Å². The van der Waals surface area contributed by atoms with Crippen LogP contribution in [0.15, 0.2) is 54.9 Å². The summed E-state index contributed by atoms with van der Waals surface area (Å²) in [6, 6.07) is 13.6. The number of hydrogen-bond acceptors (Lipinski definition) is 4. The molecule has 2 aromatic heterocycles. The first-order valence-corrected chi connectivity index (χ1v) is 9.74. The standard InChI is InChI=1S/C22H25N3O3/c1-17-7-5-11-25-21(17)20(15-23-25)22(26)24(16-19-10-6-13-27-19)12-14-28-18-8-3-2-4-9-18/h2-5,7-9,11,15,19H,6,10,12-14,16H2,1H3. The fourth-order valence-electron chi connectivity index (χ4n) is 3.64. The molecule has 1 fully saturated rings. The van der Waals surface area contributed by atoms with Gasteiger partial charge in [0.1, 0.15) is 12.4 Å². The second-order valence-corrected chi connectivity index (χ2v) is 7.09. The number of carbonyl (C=O) groups excluding carboxylic acids is 1. The minimum absolute atomic E-state index is 0.0311. The highest BCUT2D eigenvalue weighted by Gasteiger charge is 2.25. The van der Waals surface area contributed by atoms with E-state index in [2.05, 4.69) is 5.10 Å². The second-order valence-electron chi connectivity index (χ2n) is 7.09. The third-order valence-electron chi connectivity index (χ3n) is 5.08. The average molecular weight is 379 g/mol. The molecule has 1 amide bonds. The molecule has 0 N–H and O–H groups in total. The lowest BCUT2D eigenvalue weighted by Crippen LogP contribution is -2.40. The fraction of sp³-hybridized carbons (Fsp3) is 0.364. The Hall–Kier alpha value is -2.86. The van der Waals surface area contributed by atoms with Crippen LogP contribution < -0.4 is 4.74 Å². The first kappa shape index (κ1) is 18.5. The van der Waals surface area contributed by atoms with E-state index in [0.29, 0.717) is 25.3 Å². The van der Waals surface area contributed by atoms with Gasteiger partial charge >= 0.3 is 0 Å². The maximum Gasteiger partial charge on any atom is 0.257 e. The van der Waals surface area contributed by atoms with Gasteiger partial charge < -0.3 is 14.4 Å². The number of aryl methyl sites for hydroxylation is 1. The summed E-state index contributed by atoms with van der Waals surface area (Å²) in [5.41, 5.74) is 2.51. The van der Waals surface area contributed by atoms with Crippen molar-refractivity contribution in [3.63, 3.8) is 0 Å². The summed E-state index contributed by atoms with van der Waals surface area (Å²) in [4.78, 5) is 15.2. The van der Waals surface area contributed by atoms with E-state index < -0.39 is 0 Å². The van der Waals surface area contributed by atoms with E-state index in [-0.39, 0.29) is 12.0 Å². The van der Waals surface area contributed by atoms with E-state index >= 15 is 0 Å². The van der Waals surface area contributed by atoms with E-state index in [9.17, 15) is 4.79 Å². The number of carbonyl (C=O) groups is 1. The Bertz CT molecular complexity index is 933. The first-order chi connectivity index (χ1) is 13.7. The minimum Gasteiger partial charge on any atom is -0.492 e. The van der Waals surface area contributed by atoms with Crippen molar-refractivity contribution in [1.82, 2.24) is 14.5 Å². The smallest absolute Gasteiger partial charge is 0.257 e. The van der Waals surface area contributed by atoms with Crippen molar-refractivity contribution >= 4 is 11.4 Å². The summed E-state index contributed by atoms with van der Waals surface area (Å²) in [5.74, 6) is 0.773. The fourth-order valence-corrected chi connectivity index (χ4v) is 3.64. The molecule has 146 valence electrons. The second kappa shape index (κ2) is 8.44. The lowest BCUT2D eigenvalue weighted by atomic mass is 10.1. The van der Waals surface area contributed by atoms with Crippen molar-refractivity contribution in [2.24, 2.45) is 0 Å². The number of para-hydroxylation sites is 1. The Morgan fingerprint density at radius 2 is 2.14 bits per heavy atom. The number of hydrogen-bond donors (Lipinski definition) is 0. The average Bonchev–Trinajstić information content (AvgIpc) is 3.38. The van der Waals surface area contributed by atoms with Crippen molar-refractivity contribution in [2.45, 2.75) is 25.9 Å². The van der Waals surface area contributed by atoms with Gasteiger partial charge in [-0.25, -0.2) is 4.52 Å². The van der Waals surface area contributed by atoms with Crippen LogP contribution >= 0.6 is 0 Å². The predicted octanol–water partition coefficient (Wildman–Crippen LogP) is 3.34. The normalized spacial score (nSPS) is 16.4. The number of pyridine rings is 1. The molecule has 3 heterocycles. The van der Waals surface area contributed by atoms with Crippen molar-refractivity contribution in [3.05, 3.63) is 66.0 Å². The molecule has 1 atom stereocenters. The highest BCUT2D eigenvalue weighted by molar-refractivity contribution is 6.01. The van der Waals surface area contributed by atoms with E-state index in [0.717, 1.165) is 36.3 Å². The van der Waals surface area contributed by atoms with Crippen LogP contribution in [0.4, 0.5) is 0 Å². The lowest BCUT2D eigenvalue weighted by Gasteiger charge is -2.25. The summed E-state index contributed by atoms with van der Waals surface area (Å²) in [6.07, 6.45) is 5.64. The molecule has 4 rings (SSSR count). The zero-order chi connectivity index (χ0) is 19.3. The molecule has 0 spiro atoms. The number of ether oxygens (including phenoxy) is 2. The van der Waals surface area contributed by atoms with E-state index in [1.807, 2.05) is 60.5 Å². The Balaban J connectivity index is 1.52. The topological polar surface area (TPSA) is 56.1 Å². The predicted molar refractivity (Wildman–Crippen MR) is 107 cm³/mol. The summed E-state index contributed by atoms with van der Waals surface area (Å²) >= 11 is 0. The van der Waals surface area contributed by atoms with Crippen LogP contribution in [-0.4, -0.2) is 52.8 Å². The molecule has 1 saturated heterocycles. The molecule has 0 radical (unpaired) electrons. The van der Waals surface area contributed by atoms with E-state index in [4.69, 9.17) is 9.47 Å². The zero-order valence-corrected chi connectivity index (χ0v) is 16.1. The molecule has 6 heteroatoms. The van der Waals surface area contributed by atoms with Gasteiger partial charge in [0.25, 0.3) is 5.91 Å². The van der Waals surface area contributed by atoms with Gasteiger partial charge in [0.15, 0.2) is 0 Å². The molecule has 3 aromatic rings. The summed E-state index contributed by atoms with van der Waals surface area (Å²) in [6.45, 7) is 4.26. The highest BCUT2D eigenvalue weighted by Crippen LogP contribution is 2.20. The van der Waals surface area contributed by atoms with Crippen molar-refractivity contribution in [1.29, 1.82) is 0 Å². The van der Waals surface area contributed by atoms with Crippen molar-refractivity contribution in [2.75, 3.05) is 26.3 Å². The van der Waals surface area contributed by atoms with Crippen LogP contribution in [-0.2, 0) is 4.74 Å². The third kappa shape index (κ3) is 4.02. The van der Waals surface area contributed by atoms with Gasteiger partial charge in [-0.3, -0.25) is 4.79 Å². The number of aromatic nitrogens is 2. The van der Waals surface area contributed by atoms with Gasteiger partial charge in [-0.1, -0.05) is 24.3 Å². The monoisotopic (exact) mass is 379 g/mol. The molecule has 1 aliphatic rings. The van der Waals surface area contributed by atoms with Crippen LogP contribution in [0.3, 0.4) is 0 Å². The summed E-state index contributed by atoms with van der Waals surface area (Å²) in [5, 5.41) is 4.35. The van der Waals surface area contributed by atoms with Gasteiger partial charge in [-0.2, -0.15) is 5.10 Å². The number of benzene rings is 1. The van der Waals surface area contributed by atoms with Crippen LogP contribution in [0.2, 0.25) is 0 Å². The van der Waals surface area contributed by atoms with E-state index in [1.165, 1.54) is 0 Å². The molecular weight excluding hydrogens is 354 g/mol. The number of fused-ring (bicyclic) bond motifs is 1. The van der Waals surface area contributed by atoms with Gasteiger partial charge in [-0.15, -0.1) is 0 Å². The SMILES string of the molecule is Cc1cccn2ncc(C(=O)N(CCOc3ccccc3)CC3CCCO3)c12. The lowest BCUT2D eigenvalue weighted by molar-refractivity contribution is 0.0495. The minimum atomic E-state index is -0.0311. The van der Waals surface area contributed by atoms with Crippen LogP contribution in [0, 0.1) is 6.92 Å². The number of nitrogens with zero attached hydrogens (tertiary/aromatic N) is 3. The number of rotatable bonds is 7. The zero-order valence-electron chi connectivity index (χ0n) is 16.1. The van der Waals surface area contributed by atoms with Crippen LogP contribution in [0.1, 0.15) is 28.8 Å². The largest absolute Gasteiger partial charge is 0.492 e. The molecule has 0 saturated carbocycles. The summed E-state index contributed by atoms with van der Waals surface area (Å²) < 4.78 is 13.4. The van der Waals surface area contributed by atoms with Gasteiger partial charge in [0, 0.05) is 19.3 Å². The van der Waals surface area contributed by atoms with Crippen molar-refractivity contribution < 1.29 is 14.3 Å². The molecular formula is C22H25N3O3. The highest BCUT2D eigenvalue weighted by atomic mass is 16.5. The quantitative estimate of drug-likeness (QED) is 0.632. The van der Waals surface area contributed by atoms with Gasteiger partial charge in [-0.05, 0) is 43.5 Å². The molecule has 6 nitrogen and oxygen atoms in total. The third-order valence-corrected chi connectivity index (χ3v) is 5.08. The first-order valence-electron chi connectivity index (χ1n) is 9.74. The Labute approximate surface area is 164 Å². The maximum absolute atomic E-state index is 13.4. The summed E-state index contributed by atoms with van der Waals surface area (Å²) in [7, 11) is 0. The molecule has 1 unspecified atom stereocenters. The molecule has 0 aliphatic carbocycles. The maximum atomic E-state index is 13.4. The molecule has 28 heavy (non-hydrogen) atoms. The molecule has 1 aliphatic heterocycles. The Kier molecular flexibility index (Phi) is 5.58. The number of amides is 1. The Morgan fingerprint density at radius 1 is 1.29 bits per heavy atom. The van der Waals surface area contributed by atoms with Gasteiger partial charge in [0.2, 0.25) is 0 Å². The Morgan fingerprint density at radius 3 is 2.93 bits per heavy atom.